The normalized spacial score (nSPS) is 22.5. The van der Waals surface area contributed by atoms with Crippen LogP contribution in [0.3, 0.4) is 0 Å². The molecule has 0 spiro atoms. The average Bonchev–Trinajstić information content (AvgIpc) is 3.27. The largest absolute Gasteiger partial charge is 0.338 e. The van der Waals surface area contributed by atoms with Crippen LogP contribution in [0.1, 0.15) is 39.3 Å². The summed E-state index contributed by atoms with van der Waals surface area (Å²) in [6, 6.07) is -0.0728. The van der Waals surface area contributed by atoms with Crippen LogP contribution in [-0.2, 0) is 10.2 Å². The lowest BCUT2D eigenvalue weighted by Crippen LogP contribution is -2.53. The topological polar surface area (TPSA) is 57.0 Å². The zero-order valence-electron chi connectivity index (χ0n) is 16.1. The van der Waals surface area contributed by atoms with Crippen LogP contribution >= 0.6 is 11.3 Å². The lowest BCUT2D eigenvalue weighted by atomic mass is 9.93. The Labute approximate surface area is 158 Å². The van der Waals surface area contributed by atoms with Crippen molar-refractivity contribution in [1.29, 1.82) is 0 Å². The molecule has 0 N–H and O–H groups in total. The number of hydrogen-bond acceptors (Lipinski definition) is 6. The second-order valence-electron chi connectivity index (χ2n) is 8.47. The van der Waals surface area contributed by atoms with E-state index in [0.29, 0.717) is 0 Å². The van der Waals surface area contributed by atoms with E-state index in [1.165, 1.54) is 0 Å². The molecular weight excluding hydrogens is 348 g/mol. The Hall–Kier alpha value is -1.67. The van der Waals surface area contributed by atoms with Gasteiger partial charge in [0.25, 0.3) is 0 Å². The number of hydrogen-bond donors (Lipinski definition) is 0. The van der Waals surface area contributed by atoms with Gasteiger partial charge in [0.05, 0.1) is 11.9 Å². The molecule has 26 heavy (non-hydrogen) atoms. The molecule has 142 valence electrons. The number of piperazine rings is 1. The number of anilines is 1. The van der Waals surface area contributed by atoms with Gasteiger partial charge in [0, 0.05) is 38.1 Å². The molecule has 1 unspecified atom stereocenters. The number of amides is 1. The fourth-order valence-electron chi connectivity index (χ4n) is 3.66. The van der Waals surface area contributed by atoms with Crippen LogP contribution in [0.4, 0.5) is 5.13 Å². The van der Waals surface area contributed by atoms with E-state index in [0.717, 1.165) is 61.4 Å². The third-order valence-corrected chi connectivity index (χ3v) is 6.36. The first-order valence-corrected chi connectivity index (χ1v) is 10.3. The van der Waals surface area contributed by atoms with Gasteiger partial charge in [0.15, 0.2) is 0 Å². The van der Waals surface area contributed by atoms with E-state index in [4.69, 9.17) is 10.1 Å². The fourth-order valence-corrected chi connectivity index (χ4v) is 4.62. The first-order chi connectivity index (χ1) is 12.3. The third kappa shape index (κ3) is 3.20. The molecule has 0 saturated carbocycles. The van der Waals surface area contributed by atoms with Crippen LogP contribution in [0.25, 0.3) is 4.96 Å². The van der Waals surface area contributed by atoms with E-state index in [1.807, 2.05) is 15.6 Å². The molecule has 8 heteroatoms. The summed E-state index contributed by atoms with van der Waals surface area (Å²) in [6.45, 7) is 10.9. The Balaban J connectivity index is 1.53. The third-order valence-electron chi connectivity index (χ3n) is 5.40. The van der Waals surface area contributed by atoms with Crippen molar-refractivity contribution in [3.63, 3.8) is 0 Å². The number of carbonyl (C=O) groups is 1. The van der Waals surface area contributed by atoms with Crippen LogP contribution in [0.5, 0.6) is 0 Å². The Bertz CT molecular complexity index is 767. The molecule has 7 nitrogen and oxygen atoms in total. The van der Waals surface area contributed by atoms with E-state index < -0.39 is 0 Å². The maximum absolute atomic E-state index is 13.0. The van der Waals surface area contributed by atoms with E-state index in [-0.39, 0.29) is 17.4 Å². The maximum Gasteiger partial charge on any atom is 0.245 e. The summed E-state index contributed by atoms with van der Waals surface area (Å²) < 4.78 is 1.87. The molecule has 2 aromatic heterocycles. The van der Waals surface area contributed by atoms with Gasteiger partial charge in [0.1, 0.15) is 6.04 Å². The second-order valence-corrected chi connectivity index (χ2v) is 9.40. The minimum Gasteiger partial charge on any atom is -0.338 e. The molecule has 1 atom stereocenters. The summed E-state index contributed by atoms with van der Waals surface area (Å²) in [4.78, 5) is 25.2. The van der Waals surface area contributed by atoms with Crippen LogP contribution in [-0.4, -0.2) is 76.1 Å². The summed E-state index contributed by atoms with van der Waals surface area (Å²) in [5.41, 5.74) is 1.07. The Morgan fingerprint density at radius 3 is 2.58 bits per heavy atom. The van der Waals surface area contributed by atoms with Crippen molar-refractivity contribution in [2.45, 2.75) is 45.1 Å². The van der Waals surface area contributed by atoms with Gasteiger partial charge in [-0.3, -0.25) is 4.79 Å². The molecule has 0 radical (unpaired) electrons. The quantitative estimate of drug-likeness (QED) is 0.800. The fraction of sp³-hybridized carbons (Fsp3) is 0.722. The summed E-state index contributed by atoms with van der Waals surface area (Å²) in [6.07, 6.45) is 3.97. The van der Waals surface area contributed by atoms with Crippen molar-refractivity contribution in [3.8, 4) is 0 Å². The molecule has 2 fully saturated rings. The van der Waals surface area contributed by atoms with Crippen molar-refractivity contribution >= 4 is 27.3 Å². The molecule has 2 saturated heterocycles. The molecule has 0 bridgehead atoms. The van der Waals surface area contributed by atoms with Crippen LogP contribution in [0.15, 0.2) is 6.20 Å². The van der Waals surface area contributed by atoms with Crippen molar-refractivity contribution in [2.24, 2.45) is 0 Å². The molecule has 2 aromatic rings. The smallest absolute Gasteiger partial charge is 0.245 e. The van der Waals surface area contributed by atoms with Crippen molar-refractivity contribution in [1.82, 2.24) is 24.4 Å². The molecule has 4 heterocycles. The molecule has 4 rings (SSSR count). The molecule has 0 aliphatic carbocycles. The highest BCUT2D eigenvalue weighted by Gasteiger charge is 2.36. The predicted molar refractivity (Wildman–Crippen MR) is 104 cm³/mol. The lowest BCUT2D eigenvalue weighted by Gasteiger charge is -2.35. The van der Waals surface area contributed by atoms with Crippen molar-refractivity contribution in [2.75, 3.05) is 44.7 Å². The van der Waals surface area contributed by atoms with Gasteiger partial charge >= 0.3 is 0 Å². The zero-order valence-corrected chi connectivity index (χ0v) is 16.9. The van der Waals surface area contributed by atoms with Crippen LogP contribution in [0, 0.1) is 0 Å². The predicted octanol–water partition coefficient (Wildman–Crippen LogP) is 1.83. The van der Waals surface area contributed by atoms with Crippen LogP contribution < -0.4 is 4.90 Å². The second kappa shape index (κ2) is 6.49. The van der Waals surface area contributed by atoms with Gasteiger partial charge in [-0.2, -0.15) is 0 Å². The average molecular weight is 377 g/mol. The van der Waals surface area contributed by atoms with E-state index in [9.17, 15) is 4.79 Å². The van der Waals surface area contributed by atoms with Gasteiger partial charge in [-0.1, -0.05) is 32.1 Å². The molecule has 0 aromatic carbocycles. The molecular formula is C18H28N6OS. The SMILES string of the molecule is CN1CCN(C(=O)C2CCCN2c2nn3cc(C(C)(C)C)nc3s2)CC1. The minimum atomic E-state index is -0.0728. The zero-order chi connectivity index (χ0) is 18.5. The molecule has 2 aliphatic rings. The monoisotopic (exact) mass is 376 g/mol. The highest BCUT2D eigenvalue weighted by Crippen LogP contribution is 2.32. The Kier molecular flexibility index (Phi) is 4.43. The summed E-state index contributed by atoms with van der Waals surface area (Å²) in [5.74, 6) is 0.263. The number of fused-ring (bicyclic) bond motifs is 1. The molecule has 2 aliphatic heterocycles. The number of likely N-dealkylation sites (N-methyl/N-ethyl adjacent to an activating group) is 1. The van der Waals surface area contributed by atoms with Gasteiger partial charge in [-0.25, -0.2) is 9.50 Å². The maximum atomic E-state index is 13.0. The number of imidazole rings is 1. The van der Waals surface area contributed by atoms with Gasteiger partial charge in [0.2, 0.25) is 16.0 Å². The summed E-state index contributed by atoms with van der Waals surface area (Å²) in [5, 5.41) is 5.65. The minimum absolute atomic E-state index is 0.0150. The number of aromatic nitrogens is 3. The van der Waals surface area contributed by atoms with Crippen molar-refractivity contribution < 1.29 is 4.79 Å². The van der Waals surface area contributed by atoms with E-state index in [2.05, 4.69) is 37.6 Å². The molecule has 1 amide bonds. The number of nitrogens with zero attached hydrogens (tertiary/aromatic N) is 6. The first-order valence-electron chi connectivity index (χ1n) is 9.43. The van der Waals surface area contributed by atoms with Gasteiger partial charge in [-0.05, 0) is 19.9 Å². The lowest BCUT2D eigenvalue weighted by molar-refractivity contribution is -0.134. The van der Waals surface area contributed by atoms with E-state index >= 15 is 0 Å². The highest BCUT2D eigenvalue weighted by atomic mass is 32.1. The summed E-state index contributed by atoms with van der Waals surface area (Å²) >= 11 is 1.59. The summed E-state index contributed by atoms with van der Waals surface area (Å²) in [7, 11) is 2.11. The van der Waals surface area contributed by atoms with E-state index in [1.54, 1.807) is 11.3 Å². The van der Waals surface area contributed by atoms with Crippen molar-refractivity contribution in [3.05, 3.63) is 11.9 Å². The van der Waals surface area contributed by atoms with Gasteiger partial charge < -0.3 is 14.7 Å². The Morgan fingerprint density at radius 2 is 1.92 bits per heavy atom. The number of carbonyl (C=O) groups excluding carboxylic acids is 1. The van der Waals surface area contributed by atoms with Gasteiger partial charge in [-0.15, -0.1) is 5.10 Å². The highest BCUT2D eigenvalue weighted by molar-refractivity contribution is 7.20. The first kappa shape index (κ1) is 17.7. The standard InChI is InChI=1S/C18H28N6OS/c1-18(2,3)14-12-24-16(19-14)26-17(20-24)23-7-5-6-13(23)15(25)22-10-8-21(4)9-11-22/h12-13H,5-11H2,1-4H3. The number of rotatable bonds is 2. The van der Waals surface area contributed by atoms with Crippen LogP contribution in [0.2, 0.25) is 0 Å². The Morgan fingerprint density at radius 1 is 1.19 bits per heavy atom.